The number of rotatable bonds is 11. The van der Waals surface area contributed by atoms with Gasteiger partial charge in [-0.15, -0.1) is 11.8 Å². The Morgan fingerprint density at radius 3 is 2.44 bits per heavy atom. The van der Waals surface area contributed by atoms with Gasteiger partial charge in [0, 0.05) is 12.3 Å². The van der Waals surface area contributed by atoms with Crippen LogP contribution in [0.4, 0.5) is 0 Å². The van der Waals surface area contributed by atoms with Crippen molar-refractivity contribution in [3.05, 3.63) is 45.3 Å². The van der Waals surface area contributed by atoms with E-state index in [0.717, 1.165) is 22.9 Å². The van der Waals surface area contributed by atoms with Crippen LogP contribution in [0.5, 0.6) is 0 Å². The van der Waals surface area contributed by atoms with Gasteiger partial charge in [-0.1, -0.05) is 6.08 Å². The van der Waals surface area contributed by atoms with E-state index in [0.29, 0.717) is 11.8 Å². The second-order valence-corrected chi connectivity index (χ2v) is 13.1. The molecule has 3 heterocycles. The van der Waals surface area contributed by atoms with E-state index in [2.05, 4.69) is 14.2 Å². The number of phosphoric ester groups is 2. The molecule has 232 valence electrons. The van der Waals surface area contributed by atoms with Crippen LogP contribution in [0, 0.1) is 0 Å². The fourth-order valence-corrected chi connectivity index (χ4v) is 7.68. The fraction of sp³-hybridized carbons (Fsp3) is 0.632. The van der Waals surface area contributed by atoms with E-state index >= 15 is 0 Å². The van der Waals surface area contributed by atoms with Gasteiger partial charge in [-0.2, -0.15) is 4.31 Å². The Morgan fingerprint density at radius 2 is 1.83 bits per heavy atom. The molecular formula is C19H29N3O16P2S. The summed E-state index contributed by atoms with van der Waals surface area (Å²) < 4.78 is 44.9. The third kappa shape index (κ3) is 8.43. The van der Waals surface area contributed by atoms with Crippen LogP contribution in [-0.2, 0) is 32.0 Å². The van der Waals surface area contributed by atoms with Crippen molar-refractivity contribution < 1.29 is 67.3 Å². The van der Waals surface area contributed by atoms with E-state index < -0.39 is 99.5 Å². The van der Waals surface area contributed by atoms with E-state index in [1.807, 2.05) is 4.98 Å². The van der Waals surface area contributed by atoms with Crippen LogP contribution < -0.4 is 16.6 Å². The van der Waals surface area contributed by atoms with Gasteiger partial charge in [0.05, 0.1) is 30.6 Å². The molecule has 2 unspecified atom stereocenters. The summed E-state index contributed by atoms with van der Waals surface area (Å²) in [6.07, 6.45) is -6.73. The zero-order valence-electron chi connectivity index (χ0n) is 21.0. The molecule has 1 aromatic heterocycles. The number of H-pyrrole nitrogens is 1. The molecule has 3 rings (SSSR count). The number of aliphatic hydroxyl groups is 5. The summed E-state index contributed by atoms with van der Waals surface area (Å²) in [6.45, 7) is -0.235. The first-order valence-corrected chi connectivity index (χ1v) is 15.6. The number of carbonyl (C=O) groups is 1. The molecule has 2 saturated heterocycles. The van der Waals surface area contributed by atoms with E-state index in [9.17, 15) is 58.8 Å². The van der Waals surface area contributed by atoms with Gasteiger partial charge in [0.25, 0.3) is 5.56 Å². The van der Waals surface area contributed by atoms with Crippen LogP contribution in [0.1, 0.15) is 13.2 Å². The van der Waals surface area contributed by atoms with Crippen LogP contribution >= 0.6 is 27.4 Å². The Balaban J connectivity index is 1.67. The molecule has 0 bridgehead atoms. The van der Waals surface area contributed by atoms with Crippen molar-refractivity contribution in [1.29, 1.82) is 0 Å². The predicted octanol–water partition coefficient (Wildman–Crippen LogP) is -3.38. The largest absolute Gasteiger partial charge is 0.482 e. The fourth-order valence-electron chi connectivity index (χ4n) is 3.89. The molecule has 2 aliphatic heterocycles. The number of aromatic nitrogens is 2. The van der Waals surface area contributed by atoms with E-state index in [1.54, 1.807) is 0 Å². The average Bonchev–Trinajstić information content (AvgIpc) is 3.15. The molecule has 0 radical (unpaired) electrons. The number of aromatic amines is 1. The van der Waals surface area contributed by atoms with Crippen LogP contribution in [0.25, 0.3) is 0 Å². The van der Waals surface area contributed by atoms with Crippen molar-refractivity contribution >= 4 is 33.3 Å². The molecule has 9 N–H and O–H groups in total. The second-order valence-electron chi connectivity index (χ2n) is 8.72. The number of aliphatic hydroxyl groups excluding tert-OH is 5. The molecule has 22 heteroatoms. The van der Waals surface area contributed by atoms with Crippen molar-refractivity contribution in [3.63, 3.8) is 0 Å². The molecule has 0 aromatic carbocycles. The highest BCUT2D eigenvalue weighted by Crippen LogP contribution is 2.62. The molecule has 1 amide bonds. The molecule has 0 saturated carbocycles. The predicted molar refractivity (Wildman–Crippen MR) is 136 cm³/mol. The smallest absolute Gasteiger partial charge is 0.395 e. The maximum absolute atomic E-state index is 12.6. The summed E-state index contributed by atoms with van der Waals surface area (Å²) in [5.41, 5.74) is -3.43. The van der Waals surface area contributed by atoms with Gasteiger partial charge in [-0.3, -0.25) is 28.2 Å². The van der Waals surface area contributed by atoms with Crippen molar-refractivity contribution in [1.82, 2.24) is 14.9 Å². The summed E-state index contributed by atoms with van der Waals surface area (Å²) in [4.78, 5) is 57.3. The third-order valence-electron chi connectivity index (χ3n) is 5.82. The highest BCUT2D eigenvalue weighted by molar-refractivity contribution is 8.00. The number of phosphoric acid groups is 2. The van der Waals surface area contributed by atoms with Crippen LogP contribution in [0.15, 0.2) is 34.0 Å². The molecule has 1 aromatic rings. The number of nitrogens with one attached hydrogen (secondary N) is 2. The van der Waals surface area contributed by atoms with Gasteiger partial charge in [-0.25, -0.2) is 13.9 Å². The average molecular weight is 649 g/mol. The Bertz CT molecular complexity index is 1320. The minimum Gasteiger partial charge on any atom is -0.395 e. The Hall–Kier alpha value is -1.74. The SMILES string of the molecule is C/C=C/C(=O)N[C@@H]1[C@@H](O)[C@H](O)[C@@H](CO)S[C@@H]1OP(=O)(O)OP(=O)(O)OC[C@H]1O[C@@H](n2ccc(=O)[nH]c2=O)[C@H](O)[C@@H]1O. The number of ether oxygens (including phenoxy) is 1. The highest BCUT2D eigenvalue weighted by atomic mass is 32.2. The van der Waals surface area contributed by atoms with Crippen molar-refractivity contribution in [2.45, 2.75) is 60.4 Å². The van der Waals surface area contributed by atoms with Crippen LogP contribution in [0.2, 0.25) is 0 Å². The molecular weight excluding hydrogens is 620 g/mol. The minimum absolute atomic E-state index is 0.523. The van der Waals surface area contributed by atoms with E-state index in [1.165, 1.54) is 13.0 Å². The Morgan fingerprint density at radius 1 is 1.15 bits per heavy atom. The van der Waals surface area contributed by atoms with Crippen molar-refractivity contribution in [2.24, 2.45) is 0 Å². The molecule has 19 nitrogen and oxygen atoms in total. The number of allylic oxidation sites excluding steroid dienone is 1. The maximum Gasteiger partial charge on any atom is 0.482 e. The lowest BCUT2D eigenvalue weighted by atomic mass is 10.0. The lowest BCUT2D eigenvalue weighted by molar-refractivity contribution is -0.120. The first-order valence-electron chi connectivity index (χ1n) is 11.7. The van der Waals surface area contributed by atoms with E-state index in [-0.39, 0.29) is 0 Å². The zero-order chi connectivity index (χ0) is 30.7. The van der Waals surface area contributed by atoms with Gasteiger partial charge in [0.2, 0.25) is 5.91 Å². The second kappa shape index (κ2) is 13.7. The van der Waals surface area contributed by atoms with Gasteiger partial charge in [0.1, 0.15) is 29.9 Å². The number of nitrogens with zero attached hydrogens (tertiary/aromatic N) is 1. The Kier molecular flexibility index (Phi) is 11.3. The Labute approximate surface area is 234 Å². The topological polar surface area (TPSA) is 297 Å². The summed E-state index contributed by atoms with van der Waals surface area (Å²) in [5, 5.41) is 51.6. The maximum atomic E-state index is 12.6. The molecule has 2 aliphatic rings. The normalized spacial score (nSPS) is 35.2. The lowest BCUT2D eigenvalue weighted by Gasteiger charge is -2.41. The van der Waals surface area contributed by atoms with Crippen LogP contribution in [0.3, 0.4) is 0 Å². The lowest BCUT2D eigenvalue weighted by Crippen LogP contribution is -2.60. The van der Waals surface area contributed by atoms with Crippen molar-refractivity contribution in [3.8, 4) is 0 Å². The molecule has 0 aliphatic carbocycles. The number of thioether (sulfide) groups is 1. The standard InChI is InChI=1S/C19H29N3O16P2S/c1-2-3-10(24)20-12-15(28)14(27)9(6-23)41-18(12)37-40(33,34)38-39(31,32)35-7-8-13(26)16(29)17(36-8)22-5-4-11(25)21-19(22)30/h2-5,8-9,12-18,23,26-29H,6-7H2,1H3,(H,20,24)(H,31,32)(H,33,34)(H,21,25,30)/b3-2+/t8-,9-,12-,13-,14-,15-,16-,17-,18+/m1/s1. The molecule has 41 heavy (non-hydrogen) atoms. The quantitative estimate of drug-likeness (QED) is 0.0834. The number of amides is 1. The number of carbonyl (C=O) groups excluding carboxylic acids is 1. The summed E-state index contributed by atoms with van der Waals surface area (Å²) in [6, 6.07) is -0.618. The molecule has 2 fully saturated rings. The minimum atomic E-state index is -5.56. The van der Waals surface area contributed by atoms with Gasteiger partial charge in [-0.05, 0) is 13.0 Å². The summed E-state index contributed by atoms with van der Waals surface area (Å²) in [5.74, 6) is -0.787. The first-order chi connectivity index (χ1) is 19.1. The number of hydrogen-bond acceptors (Lipinski definition) is 15. The van der Waals surface area contributed by atoms with Gasteiger partial charge < -0.3 is 45.4 Å². The summed E-state index contributed by atoms with van der Waals surface area (Å²) >= 11 is 0.523. The molecule has 0 spiro atoms. The number of hydrogen-bond donors (Lipinski definition) is 9. The third-order valence-corrected chi connectivity index (χ3v) is 10.0. The van der Waals surface area contributed by atoms with Crippen molar-refractivity contribution in [2.75, 3.05) is 13.2 Å². The van der Waals surface area contributed by atoms with Gasteiger partial charge >= 0.3 is 21.3 Å². The zero-order valence-corrected chi connectivity index (χ0v) is 23.6. The first kappa shape index (κ1) is 33.8. The van der Waals surface area contributed by atoms with Gasteiger partial charge in [0.15, 0.2) is 6.23 Å². The van der Waals surface area contributed by atoms with E-state index in [4.69, 9.17) is 9.26 Å². The monoisotopic (exact) mass is 649 g/mol. The highest BCUT2D eigenvalue weighted by Gasteiger charge is 2.50. The summed E-state index contributed by atoms with van der Waals surface area (Å²) in [7, 11) is -11.0. The molecule has 11 atom stereocenters. The van der Waals surface area contributed by atoms with Crippen LogP contribution in [-0.4, -0.2) is 111 Å².